The minimum absolute atomic E-state index is 0.268. The third-order valence-electron chi connectivity index (χ3n) is 3.48. The van der Waals surface area contributed by atoms with Crippen LogP contribution in [0.5, 0.6) is 0 Å². The summed E-state index contributed by atoms with van der Waals surface area (Å²) in [6.07, 6.45) is 3.48. The Morgan fingerprint density at radius 1 is 1.24 bits per heavy atom. The fraction of sp³-hybridized carbons (Fsp3) is 0.333. The van der Waals surface area contributed by atoms with E-state index in [1.807, 2.05) is 0 Å². The van der Waals surface area contributed by atoms with Crippen molar-refractivity contribution in [3.05, 3.63) is 35.9 Å². The molecule has 1 amide bonds. The lowest BCUT2D eigenvalue weighted by atomic mass is 9.90. The van der Waals surface area contributed by atoms with Crippen molar-refractivity contribution in [2.45, 2.75) is 18.4 Å². The summed E-state index contributed by atoms with van der Waals surface area (Å²) in [6, 6.07) is 7.02. The molecule has 21 heavy (non-hydrogen) atoms. The van der Waals surface area contributed by atoms with Gasteiger partial charge < -0.3 is 20.9 Å². The van der Waals surface area contributed by atoms with Crippen molar-refractivity contribution in [3.63, 3.8) is 0 Å². The van der Waals surface area contributed by atoms with Crippen molar-refractivity contribution in [1.29, 1.82) is 0 Å². The zero-order valence-electron chi connectivity index (χ0n) is 11.5. The SMILES string of the molecule is Nc1ccc(/C=C/C(=O)NC2(C(=O)O)CCOCC2)cc1. The van der Waals surface area contributed by atoms with Crippen LogP contribution in [-0.4, -0.2) is 35.7 Å². The number of nitrogen functional groups attached to an aromatic ring is 1. The van der Waals surface area contributed by atoms with E-state index < -0.39 is 17.4 Å². The number of nitrogens with one attached hydrogen (secondary N) is 1. The van der Waals surface area contributed by atoms with Crippen LogP contribution in [0.2, 0.25) is 0 Å². The van der Waals surface area contributed by atoms with E-state index in [2.05, 4.69) is 5.32 Å². The standard InChI is InChI=1S/C15H18N2O4/c16-12-4-1-11(2-5-12)3-6-13(18)17-15(14(19)20)7-9-21-10-8-15/h1-6H,7-10,16H2,(H,17,18)(H,19,20)/b6-3+. The summed E-state index contributed by atoms with van der Waals surface area (Å²) >= 11 is 0. The van der Waals surface area contributed by atoms with E-state index in [1.54, 1.807) is 30.3 Å². The topological polar surface area (TPSA) is 102 Å². The van der Waals surface area contributed by atoms with Gasteiger partial charge in [0.2, 0.25) is 5.91 Å². The van der Waals surface area contributed by atoms with Crippen LogP contribution in [-0.2, 0) is 14.3 Å². The summed E-state index contributed by atoms with van der Waals surface area (Å²) in [5.41, 5.74) is 5.80. The Morgan fingerprint density at radius 2 is 1.86 bits per heavy atom. The van der Waals surface area contributed by atoms with E-state index in [-0.39, 0.29) is 12.8 Å². The number of rotatable bonds is 4. The van der Waals surface area contributed by atoms with Crippen molar-refractivity contribution in [2.24, 2.45) is 0 Å². The fourth-order valence-corrected chi connectivity index (χ4v) is 2.17. The van der Waals surface area contributed by atoms with Crippen molar-refractivity contribution >= 4 is 23.6 Å². The quantitative estimate of drug-likeness (QED) is 0.568. The average Bonchev–Trinajstić information content (AvgIpc) is 2.47. The first-order chi connectivity index (χ1) is 10.0. The second-order valence-corrected chi connectivity index (χ2v) is 4.99. The number of carbonyl (C=O) groups is 2. The summed E-state index contributed by atoms with van der Waals surface area (Å²) < 4.78 is 5.15. The molecule has 0 radical (unpaired) electrons. The normalized spacial score (nSPS) is 17.5. The van der Waals surface area contributed by atoms with E-state index in [0.717, 1.165) is 5.56 Å². The minimum atomic E-state index is -1.24. The number of carboxylic acid groups (broad SMARTS) is 1. The Bertz CT molecular complexity index is 545. The second kappa shape index (κ2) is 6.41. The fourth-order valence-electron chi connectivity index (χ4n) is 2.17. The maximum atomic E-state index is 11.9. The molecule has 0 aliphatic carbocycles. The Hall–Kier alpha value is -2.34. The Kier molecular flexibility index (Phi) is 4.59. The first-order valence-electron chi connectivity index (χ1n) is 6.69. The first kappa shape index (κ1) is 15.1. The minimum Gasteiger partial charge on any atom is -0.480 e. The summed E-state index contributed by atoms with van der Waals surface area (Å²) in [4.78, 5) is 23.3. The van der Waals surface area contributed by atoms with Crippen LogP contribution in [0.15, 0.2) is 30.3 Å². The third-order valence-corrected chi connectivity index (χ3v) is 3.48. The molecule has 1 aliphatic rings. The maximum absolute atomic E-state index is 11.9. The van der Waals surface area contributed by atoms with Gasteiger partial charge in [-0.25, -0.2) is 4.79 Å². The highest BCUT2D eigenvalue weighted by Crippen LogP contribution is 2.21. The molecule has 0 spiro atoms. The lowest BCUT2D eigenvalue weighted by Gasteiger charge is -2.33. The number of amides is 1. The monoisotopic (exact) mass is 290 g/mol. The van der Waals surface area contributed by atoms with Gasteiger partial charge in [-0.2, -0.15) is 0 Å². The van der Waals surface area contributed by atoms with Crippen LogP contribution in [0.1, 0.15) is 18.4 Å². The molecular formula is C15H18N2O4. The van der Waals surface area contributed by atoms with Crippen molar-refractivity contribution in [3.8, 4) is 0 Å². The number of anilines is 1. The summed E-state index contributed by atoms with van der Waals surface area (Å²) in [7, 11) is 0. The lowest BCUT2D eigenvalue weighted by molar-refractivity contribution is -0.151. The Labute approximate surface area is 122 Å². The Morgan fingerprint density at radius 3 is 2.43 bits per heavy atom. The van der Waals surface area contributed by atoms with E-state index in [9.17, 15) is 14.7 Å². The van der Waals surface area contributed by atoms with Crippen LogP contribution >= 0.6 is 0 Å². The maximum Gasteiger partial charge on any atom is 0.329 e. The van der Waals surface area contributed by atoms with Crippen LogP contribution < -0.4 is 11.1 Å². The van der Waals surface area contributed by atoms with Crippen LogP contribution in [0, 0.1) is 0 Å². The number of carboxylic acids is 1. The van der Waals surface area contributed by atoms with Gasteiger partial charge in [0.1, 0.15) is 5.54 Å². The first-order valence-corrected chi connectivity index (χ1v) is 6.69. The molecule has 1 aliphatic heterocycles. The van der Waals surface area contributed by atoms with E-state index in [0.29, 0.717) is 18.9 Å². The zero-order chi connectivity index (χ0) is 15.3. The molecule has 0 unspecified atom stereocenters. The highest BCUT2D eigenvalue weighted by molar-refractivity contribution is 5.95. The molecule has 6 heteroatoms. The molecule has 0 aromatic heterocycles. The lowest BCUT2D eigenvalue weighted by Crippen LogP contribution is -2.57. The molecule has 1 aromatic carbocycles. The van der Waals surface area contributed by atoms with E-state index >= 15 is 0 Å². The number of ether oxygens (including phenoxy) is 1. The van der Waals surface area contributed by atoms with Crippen LogP contribution in [0.4, 0.5) is 5.69 Å². The van der Waals surface area contributed by atoms with Gasteiger partial charge in [0.15, 0.2) is 0 Å². The third kappa shape index (κ3) is 3.82. The second-order valence-electron chi connectivity index (χ2n) is 4.99. The molecule has 0 atom stereocenters. The number of nitrogens with two attached hydrogens (primary N) is 1. The number of aliphatic carboxylic acids is 1. The molecule has 2 rings (SSSR count). The smallest absolute Gasteiger partial charge is 0.329 e. The molecule has 1 fully saturated rings. The number of benzene rings is 1. The summed E-state index contributed by atoms with van der Waals surface area (Å²) in [6.45, 7) is 0.655. The Balaban J connectivity index is 2.02. The molecule has 1 aromatic rings. The zero-order valence-corrected chi connectivity index (χ0v) is 11.5. The molecule has 6 nitrogen and oxygen atoms in total. The van der Waals surface area contributed by atoms with Gasteiger partial charge in [-0.05, 0) is 23.8 Å². The molecular weight excluding hydrogens is 272 g/mol. The number of carbonyl (C=O) groups excluding carboxylic acids is 1. The summed E-state index contributed by atoms with van der Waals surface area (Å²) in [5.74, 6) is -1.46. The number of hydrogen-bond acceptors (Lipinski definition) is 4. The van der Waals surface area contributed by atoms with Crippen LogP contribution in [0.25, 0.3) is 6.08 Å². The highest BCUT2D eigenvalue weighted by atomic mass is 16.5. The van der Waals surface area contributed by atoms with Crippen molar-refractivity contribution in [1.82, 2.24) is 5.32 Å². The average molecular weight is 290 g/mol. The molecule has 0 saturated carbocycles. The molecule has 0 bridgehead atoms. The van der Waals surface area contributed by atoms with Gasteiger partial charge in [-0.15, -0.1) is 0 Å². The van der Waals surface area contributed by atoms with Crippen molar-refractivity contribution < 1.29 is 19.4 Å². The summed E-state index contributed by atoms with van der Waals surface area (Å²) in [5, 5.41) is 11.9. The number of hydrogen-bond donors (Lipinski definition) is 3. The van der Waals surface area contributed by atoms with Gasteiger partial charge in [0.25, 0.3) is 0 Å². The predicted molar refractivity (Wildman–Crippen MR) is 78.5 cm³/mol. The van der Waals surface area contributed by atoms with Gasteiger partial charge in [-0.1, -0.05) is 12.1 Å². The van der Waals surface area contributed by atoms with Gasteiger partial charge in [0.05, 0.1) is 0 Å². The van der Waals surface area contributed by atoms with Crippen molar-refractivity contribution in [2.75, 3.05) is 18.9 Å². The van der Waals surface area contributed by atoms with E-state index in [1.165, 1.54) is 6.08 Å². The molecule has 4 N–H and O–H groups in total. The van der Waals surface area contributed by atoms with Crippen LogP contribution in [0.3, 0.4) is 0 Å². The molecule has 1 heterocycles. The predicted octanol–water partition coefficient (Wildman–Crippen LogP) is 1.03. The molecule has 1 saturated heterocycles. The van der Waals surface area contributed by atoms with Gasteiger partial charge >= 0.3 is 5.97 Å². The van der Waals surface area contributed by atoms with Gasteiger partial charge in [-0.3, -0.25) is 4.79 Å². The van der Waals surface area contributed by atoms with E-state index in [4.69, 9.17) is 10.5 Å². The molecule has 112 valence electrons. The van der Waals surface area contributed by atoms with Gasteiger partial charge in [0, 0.05) is 37.8 Å². The highest BCUT2D eigenvalue weighted by Gasteiger charge is 2.41. The largest absolute Gasteiger partial charge is 0.480 e.